The Hall–Kier alpha value is -4.34. The third-order valence-electron chi connectivity index (χ3n) is 5.44. The average molecular weight is 460 g/mol. The van der Waals surface area contributed by atoms with Gasteiger partial charge in [0.25, 0.3) is 0 Å². The number of anilines is 1. The van der Waals surface area contributed by atoms with Gasteiger partial charge in [-0.3, -0.25) is 4.79 Å². The van der Waals surface area contributed by atoms with E-state index in [9.17, 15) is 4.79 Å². The molecule has 34 heavy (non-hydrogen) atoms. The van der Waals surface area contributed by atoms with Gasteiger partial charge in [0.15, 0.2) is 23.0 Å². The van der Waals surface area contributed by atoms with Crippen LogP contribution < -0.4 is 24.8 Å². The molecule has 1 aliphatic rings. The zero-order valence-electron chi connectivity index (χ0n) is 18.7. The third-order valence-corrected chi connectivity index (χ3v) is 5.44. The van der Waals surface area contributed by atoms with Gasteiger partial charge >= 0.3 is 0 Å². The maximum absolute atomic E-state index is 12.4. The molecule has 0 fully saturated rings. The van der Waals surface area contributed by atoms with Crippen molar-refractivity contribution in [2.24, 2.45) is 0 Å². The number of aromatic nitrogens is 4. The summed E-state index contributed by atoms with van der Waals surface area (Å²) in [4.78, 5) is 12.4. The van der Waals surface area contributed by atoms with Crippen LogP contribution in [-0.4, -0.2) is 39.6 Å². The molecule has 10 heteroatoms. The van der Waals surface area contributed by atoms with Crippen LogP contribution in [0, 0.1) is 0 Å². The van der Waals surface area contributed by atoms with E-state index in [2.05, 4.69) is 25.9 Å². The fraction of sp³-hybridized carbons (Fsp3) is 0.250. The van der Waals surface area contributed by atoms with Crippen molar-refractivity contribution in [3.8, 4) is 17.2 Å². The minimum atomic E-state index is -0.0725. The summed E-state index contributed by atoms with van der Waals surface area (Å²) in [6, 6.07) is 17.1. The van der Waals surface area contributed by atoms with Crippen molar-refractivity contribution < 1.29 is 19.0 Å². The van der Waals surface area contributed by atoms with Crippen molar-refractivity contribution in [2.45, 2.75) is 25.9 Å². The Morgan fingerprint density at radius 3 is 2.82 bits per heavy atom. The summed E-state index contributed by atoms with van der Waals surface area (Å²) in [7, 11) is 1.62. The monoisotopic (exact) mass is 460 g/mol. The van der Waals surface area contributed by atoms with Gasteiger partial charge in [-0.15, -0.1) is 15.3 Å². The molecule has 0 radical (unpaired) electrons. The van der Waals surface area contributed by atoms with Gasteiger partial charge in [0.1, 0.15) is 11.6 Å². The Balaban J connectivity index is 1.17. The van der Waals surface area contributed by atoms with Crippen LogP contribution in [0.15, 0.2) is 54.6 Å². The maximum atomic E-state index is 12.4. The standard InChI is InChI=1S/C24H24N6O4/c1-32-18-4-2-3-16(11-18)14-26-24(31)10-9-23-28-27-22-8-7-21(29-30(22)23)25-13-17-5-6-19-20(12-17)34-15-33-19/h2-8,11-12H,9-10,13-15H2,1H3,(H,25,29)(H,26,31). The number of amides is 1. The number of ether oxygens (including phenoxy) is 3. The molecule has 0 unspecified atom stereocenters. The van der Waals surface area contributed by atoms with Crippen molar-refractivity contribution in [1.82, 2.24) is 25.1 Å². The molecule has 0 spiro atoms. The summed E-state index contributed by atoms with van der Waals surface area (Å²) in [5.41, 5.74) is 2.64. The van der Waals surface area contributed by atoms with Crippen molar-refractivity contribution in [3.63, 3.8) is 0 Å². The average Bonchev–Trinajstić information content (AvgIpc) is 3.51. The van der Waals surface area contributed by atoms with Gasteiger partial charge in [0.05, 0.1) is 7.11 Å². The lowest BCUT2D eigenvalue weighted by molar-refractivity contribution is -0.121. The SMILES string of the molecule is COc1cccc(CNC(=O)CCc2nnc3ccc(NCc4ccc5c(c4)OCO5)nn23)c1. The van der Waals surface area contributed by atoms with Gasteiger partial charge in [0, 0.05) is 25.9 Å². The van der Waals surface area contributed by atoms with Crippen LogP contribution in [0.25, 0.3) is 5.65 Å². The lowest BCUT2D eigenvalue weighted by atomic mass is 10.2. The normalized spacial score (nSPS) is 12.0. The van der Waals surface area contributed by atoms with Gasteiger partial charge in [-0.05, 0) is 47.5 Å². The molecule has 10 nitrogen and oxygen atoms in total. The predicted molar refractivity (Wildman–Crippen MR) is 124 cm³/mol. The van der Waals surface area contributed by atoms with Crippen molar-refractivity contribution in [1.29, 1.82) is 0 Å². The maximum Gasteiger partial charge on any atom is 0.231 e. The second-order valence-corrected chi connectivity index (χ2v) is 7.77. The van der Waals surface area contributed by atoms with Gasteiger partial charge in [-0.1, -0.05) is 18.2 Å². The topological polar surface area (TPSA) is 112 Å². The highest BCUT2D eigenvalue weighted by molar-refractivity contribution is 5.76. The Bertz CT molecular complexity index is 1320. The fourth-order valence-corrected chi connectivity index (χ4v) is 3.62. The van der Waals surface area contributed by atoms with Gasteiger partial charge < -0.3 is 24.8 Å². The quantitative estimate of drug-likeness (QED) is 0.392. The zero-order chi connectivity index (χ0) is 23.3. The number of rotatable bonds is 9. The molecule has 2 aromatic carbocycles. The number of benzene rings is 2. The largest absolute Gasteiger partial charge is 0.497 e. The highest BCUT2D eigenvalue weighted by Gasteiger charge is 2.14. The van der Waals surface area contributed by atoms with Crippen molar-refractivity contribution >= 4 is 17.4 Å². The number of nitrogens with one attached hydrogen (secondary N) is 2. The van der Waals surface area contributed by atoms with Crippen LogP contribution in [-0.2, 0) is 24.3 Å². The zero-order valence-corrected chi connectivity index (χ0v) is 18.7. The molecule has 1 amide bonds. The molecule has 1 aliphatic heterocycles. The fourth-order valence-electron chi connectivity index (χ4n) is 3.62. The Labute approximate surface area is 195 Å². The highest BCUT2D eigenvalue weighted by atomic mass is 16.7. The Kier molecular flexibility index (Phi) is 6.11. The van der Waals surface area contributed by atoms with E-state index in [4.69, 9.17) is 14.2 Å². The van der Waals surface area contributed by atoms with Crippen molar-refractivity contribution in [3.05, 3.63) is 71.5 Å². The molecule has 4 aromatic rings. The first-order valence-corrected chi connectivity index (χ1v) is 10.9. The van der Waals surface area contributed by atoms with E-state index in [0.717, 1.165) is 28.4 Å². The summed E-state index contributed by atoms with van der Waals surface area (Å²) in [5.74, 6) is 3.48. The minimum absolute atomic E-state index is 0.0725. The lowest BCUT2D eigenvalue weighted by Gasteiger charge is -2.08. The van der Waals surface area contributed by atoms with E-state index in [1.807, 2.05) is 54.6 Å². The van der Waals surface area contributed by atoms with Crippen LogP contribution in [0.5, 0.6) is 17.2 Å². The van der Waals surface area contributed by atoms with E-state index in [1.54, 1.807) is 11.6 Å². The van der Waals surface area contributed by atoms with Crippen LogP contribution >= 0.6 is 0 Å². The molecule has 174 valence electrons. The molecule has 3 heterocycles. The molecule has 2 N–H and O–H groups in total. The molecular weight excluding hydrogens is 436 g/mol. The molecular formula is C24H24N6O4. The number of aryl methyl sites for hydroxylation is 1. The first-order valence-electron chi connectivity index (χ1n) is 10.9. The third kappa shape index (κ3) is 4.85. The van der Waals surface area contributed by atoms with E-state index in [0.29, 0.717) is 36.8 Å². The molecule has 2 aromatic heterocycles. The smallest absolute Gasteiger partial charge is 0.231 e. The van der Waals surface area contributed by atoms with Crippen LogP contribution in [0.4, 0.5) is 5.82 Å². The predicted octanol–water partition coefficient (Wildman–Crippen LogP) is 2.72. The van der Waals surface area contributed by atoms with Gasteiger partial charge in [0.2, 0.25) is 12.7 Å². The second kappa shape index (κ2) is 9.65. The van der Waals surface area contributed by atoms with E-state index in [-0.39, 0.29) is 19.1 Å². The Morgan fingerprint density at radius 1 is 1.03 bits per heavy atom. The van der Waals surface area contributed by atoms with Crippen LogP contribution in [0.2, 0.25) is 0 Å². The van der Waals surface area contributed by atoms with E-state index in [1.165, 1.54) is 0 Å². The molecule has 0 atom stereocenters. The molecule has 0 aliphatic carbocycles. The number of hydrogen-bond acceptors (Lipinski definition) is 8. The number of methoxy groups -OCH3 is 1. The van der Waals surface area contributed by atoms with Crippen LogP contribution in [0.3, 0.4) is 0 Å². The minimum Gasteiger partial charge on any atom is -0.497 e. The molecule has 0 saturated carbocycles. The van der Waals surface area contributed by atoms with Crippen LogP contribution in [0.1, 0.15) is 23.4 Å². The Morgan fingerprint density at radius 2 is 1.91 bits per heavy atom. The number of carbonyl (C=O) groups excluding carboxylic acids is 1. The first kappa shape index (κ1) is 21.5. The van der Waals surface area contributed by atoms with E-state index < -0.39 is 0 Å². The number of fused-ring (bicyclic) bond motifs is 2. The van der Waals surface area contributed by atoms with E-state index >= 15 is 0 Å². The number of carbonyl (C=O) groups is 1. The summed E-state index contributed by atoms with van der Waals surface area (Å²) in [5, 5.41) is 19.2. The number of nitrogens with zero attached hydrogens (tertiary/aromatic N) is 4. The second-order valence-electron chi connectivity index (χ2n) is 7.77. The number of hydrogen-bond donors (Lipinski definition) is 2. The highest BCUT2D eigenvalue weighted by Crippen LogP contribution is 2.32. The summed E-state index contributed by atoms with van der Waals surface area (Å²) in [6.07, 6.45) is 0.699. The summed E-state index contributed by atoms with van der Waals surface area (Å²) < 4.78 is 17.7. The molecule has 0 saturated heterocycles. The lowest BCUT2D eigenvalue weighted by Crippen LogP contribution is -2.23. The summed E-state index contributed by atoms with van der Waals surface area (Å²) in [6.45, 7) is 1.25. The first-order chi connectivity index (χ1) is 16.7. The van der Waals surface area contributed by atoms with Gasteiger partial charge in [-0.25, -0.2) is 0 Å². The molecule has 5 rings (SSSR count). The molecule has 0 bridgehead atoms. The van der Waals surface area contributed by atoms with Crippen molar-refractivity contribution in [2.75, 3.05) is 19.2 Å². The summed E-state index contributed by atoms with van der Waals surface area (Å²) >= 11 is 0. The van der Waals surface area contributed by atoms with Gasteiger partial charge in [-0.2, -0.15) is 4.52 Å².